The standard InChI is InChI=1S/C18H21F3N6O4S/c1-32(30,31)24-15-4-5-27(23-15)17(29)26-8-6-25(7-9-26)11-12-2-3-13(16(22)28)14(10-12)18(19,20)21/h2-5,10H,6-9,11H2,1H3,(H2,22,28)(H,23,24). The summed E-state index contributed by atoms with van der Waals surface area (Å²) in [6.45, 7) is 1.62. The fourth-order valence-corrected chi connectivity index (χ4v) is 3.80. The van der Waals surface area contributed by atoms with Crippen molar-refractivity contribution in [1.82, 2.24) is 19.6 Å². The molecule has 3 N–H and O–H groups in total. The second kappa shape index (κ2) is 8.78. The number of nitrogens with zero attached hydrogens (tertiary/aromatic N) is 4. The van der Waals surface area contributed by atoms with Crippen LogP contribution in [0, 0.1) is 0 Å². The van der Waals surface area contributed by atoms with Crippen molar-refractivity contribution in [3.05, 3.63) is 47.2 Å². The Hall–Kier alpha value is -3.13. The summed E-state index contributed by atoms with van der Waals surface area (Å²) >= 11 is 0. The Labute approximate surface area is 181 Å². The van der Waals surface area contributed by atoms with Crippen molar-refractivity contribution in [2.45, 2.75) is 12.7 Å². The van der Waals surface area contributed by atoms with E-state index >= 15 is 0 Å². The molecule has 0 radical (unpaired) electrons. The van der Waals surface area contributed by atoms with Gasteiger partial charge in [0.25, 0.3) is 0 Å². The van der Waals surface area contributed by atoms with Crippen LogP contribution < -0.4 is 10.5 Å². The Morgan fingerprint density at radius 2 is 1.81 bits per heavy atom. The first-order valence-electron chi connectivity index (χ1n) is 9.38. The molecule has 1 aliphatic rings. The van der Waals surface area contributed by atoms with Gasteiger partial charge < -0.3 is 10.6 Å². The quantitative estimate of drug-likeness (QED) is 0.669. The Kier molecular flexibility index (Phi) is 6.46. The van der Waals surface area contributed by atoms with Gasteiger partial charge in [0.05, 0.1) is 17.4 Å². The van der Waals surface area contributed by atoms with Crippen molar-refractivity contribution in [3.63, 3.8) is 0 Å². The van der Waals surface area contributed by atoms with Gasteiger partial charge in [-0.1, -0.05) is 6.07 Å². The number of hydrogen-bond donors (Lipinski definition) is 2. The summed E-state index contributed by atoms with van der Waals surface area (Å²) in [7, 11) is -3.52. The van der Waals surface area contributed by atoms with E-state index in [1.54, 1.807) is 0 Å². The summed E-state index contributed by atoms with van der Waals surface area (Å²) in [4.78, 5) is 27.2. The van der Waals surface area contributed by atoms with Gasteiger partial charge in [-0.25, -0.2) is 13.2 Å². The number of halogens is 3. The highest BCUT2D eigenvalue weighted by molar-refractivity contribution is 7.92. The number of aromatic nitrogens is 2. The van der Waals surface area contributed by atoms with Crippen molar-refractivity contribution < 1.29 is 31.2 Å². The van der Waals surface area contributed by atoms with Crippen LogP contribution >= 0.6 is 0 Å². The second-order valence-electron chi connectivity index (χ2n) is 7.31. The molecular formula is C18H21F3N6O4S. The lowest BCUT2D eigenvalue weighted by Gasteiger charge is -2.34. The van der Waals surface area contributed by atoms with E-state index in [1.165, 1.54) is 23.2 Å². The Balaban J connectivity index is 1.62. The maximum atomic E-state index is 13.2. The monoisotopic (exact) mass is 474 g/mol. The lowest BCUT2D eigenvalue weighted by atomic mass is 10.0. The number of nitrogens with one attached hydrogen (secondary N) is 1. The lowest BCUT2D eigenvalue weighted by molar-refractivity contribution is -0.138. The van der Waals surface area contributed by atoms with Crippen LogP contribution in [0.5, 0.6) is 0 Å². The topological polar surface area (TPSA) is 131 Å². The number of primary amides is 1. The van der Waals surface area contributed by atoms with Gasteiger partial charge in [0.1, 0.15) is 0 Å². The molecule has 2 heterocycles. The summed E-state index contributed by atoms with van der Waals surface area (Å²) < 4.78 is 65.4. The molecule has 1 saturated heterocycles. The van der Waals surface area contributed by atoms with Crippen LogP contribution in [0.4, 0.5) is 23.8 Å². The average Bonchev–Trinajstić information content (AvgIpc) is 3.13. The summed E-state index contributed by atoms with van der Waals surface area (Å²) in [5.74, 6) is -1.14. The molecule has 0 bridgehead atoms. The molecule has 1 aromatic heterocycles. The molecule has 0 spiro atoms. The third-order valence-corrected chi connectivity index (χ3v) is 5.36. The van der Waals surface area contributed by atoms with Crippen molar-refractivity contribution in [2.75, 3.05) is 37.2 Å². The van der Waals surface area contributed by atoms with Crippen LogP contribution in [0.2, 0.25) is 0 Å². The third-order valence-electron chi connectivity index (χ3n) is 4.78. The molecule has 0 saturated carbocycles. The number of carbonyl (C=O) groups is 2. The van der Waals surface area contributed by atoms with E-state index in [2.05, 4.69) is 9.82 Å². The van der Waals surface area contributed by atoms with Crippen molar-refractivity contribution in [1.29, 1.82) is 0 Å². The van der Waals surface area contributed by atoms with Gasteiger partial charge in [-0.15, -0.1) is 5.10 Å². The van der Waals surface area contributed by atoms with Crippen LogP contribution in [0.1, 0.15) is 21.5 Å². The van der Waals surface area contributed by atoms with Gasteiger partial charge in [-0.2, -0.15) is 17.9 Å². The molecule has 10 nitrogen and oxygen atoms in total. The van der Waals surface area contributed by atoms with E-state index in [9.17, 15) is 31.2 Å². The van der Waals surface area contributed by atoms with E-state index in [4.69, 9.17) is 5.73 Å². The van der Waals surface area contributed by atoms with Crippen molar-refractivity contribution >= 4 is 27.8 Å². The normalized spacial score (nSPS) is 15.6. The maximum Gasteiger partial charge on any atom is 0.417 e. The van der Waals surface area contributed by atoms with E-state index in [0.29, 0.717) is 31.7 Å². The molecule has 3 rings (SSSR count). The molecule has 1 aliphatic heterocycles. The Morgan fingerprint density at radius 3 is 2.38 bits per heavy atom. The number of benzene rings is 1. The molecule has 14 heteroatoms. The fourth-order valence-electron chi connectivity index (χ4n) is 3.31. The molecule has 0 aliphatic carbocycles. The number of rotatable bonds is 5. The summed E-state index contributed by atoms with van der Waals surface area (Å²) in [6, 6.07) is 4.31. The molecule has 0 unspecified atom stereocenters. The highest BCUT2D eigenvalue weighted by Gasteiger charge is 2.35. The van der Waals surface area contributed by atoms with Gasteiger partial charge in [0.2, 0.25) is 15.9 Å². The van der Waals surface area contributed by atoms with Gasteiger partial charge in [-0.05, 0) is 17.7 Å². The van der Waals surface area contributed by atoms with Gasteiger partial charge in [-0.3, -0.25) is 14.4 Å². The number of sulfonamides is 1. The smallest absolute Gasteiger partial charge is 0.366 e. The minimum atomic E-state index is -4.71. The summed E-state index contributed by atoms with van der Waals surface area (Å²) in [6.07, 6.45) is -2.41. The zero-order valence-electron chi connectivity index (χ0n) is 17.0. The van der Waals surface area contributed by atoms with Crippen LogP contribution in [0.25, 0.3) is 0 Å². The first-order chi connectivity index (χ1) is 14.8. The molecular weight excluding hydrogens is 453 g/mol. The minimum absolute atomic E-state index is 0.0133. The number of nitrogens with two attached hydrogens (primary N) is 1. The molecule has 0 atom stereocenters. The van der Waals surface area contributed by atoms with Crippen LogP contribution in [-0.2, 0) is 22.7 Å². The summed E-state index contributed by atoms with van der Waals surface area (Å²) in [5, 5.41) is 3.89. The second-order valence-corrected chi connectivity index (χ2v) is 9.06. The Morgan fingerprint density at radius 1 is 1.16 bits per heavy atom. The first-order valence-corrected chi connectivity index (χ1v) is 11.3. The molecule has 32 heavy (non-hydrogen) atoms. The molecule has 1 fully saturated rings. The number of hydrogen-bond acceptors (Lipinski definition) is 6. The maximum absolute atomic E-state index is 13.2. The lowest BCUT2D eigenvalue weighted by Crippen LogP contribution is -2.49. The summed E-state index contributed by atoms with van der Waals surface area (Å²) in [5.41, 5.74) is 3.75. The third kappa shape index (κ3) is 5.76. The van der Waals surface area contributed by atoms with E-state index in [0.717, 1.165) is 23.1 Å². The Bertz CT molecular complexity index is 1120. The zero-order chi connectivity index (χ0) is 23.7. The largest absolute Gasteiger partial charge is 0.417 e. The number of piperazine rings is 1. The highest BCUT2D eigenvalue weighted by atomic mass is 32.2. The molecule has 1 aromatic carbocycles. The molecule has 2 amide bonds. The number of alkyl halides is 3. The van der Waals surface area contributed by atoms with Crippen LogP contribution in [-0.4, -0.2) is 72.4 Å². The number of anilines is 1. The SMILES string of the molecule is CS(=O)(=O)Nc1ccn(C(=O)N2CCN(Cc3ccc(C(N)=O)c(C(F)(F)F)c3)CC2)n1. The molecule has 2 aromatic rings. The van der Waals surface area contributed by atoms with Crippen molar-refractivity contribution in [3.8, 4) is 0 Å². The van der Waals surface area contributed by atoms with Gasteiger partial charge in [0.15, 0.2) is 5.82 Å². The number of carbonyl (C=O) groups excluding carboxylic acids is 2. The van der Waals surface area contributed by atoms with Gasteiger partial charge >= 0.3 is 12.2 Å². The van der Waals surface area contributed by atoms with Crippen molar-refractivity contribution in [2.24, 2.45) is 5.73 Å². The van der Waals surface area contributed by atoms with E-state index in [-0.39, 0.29) is 12.4 Å². The highest BCUT2D eigenvalue weighted by Crippen LogP contribution is 2.33. The predicted octanol–water partition coefficient (Wildman–Crippen LogP) is 1.16. The zero-order valence-corrected chi connectivity index (χ0v) is 17.8. The fraction of sp³-hybridized carbons (Fsp3) is 0.389. The van der Waals surface area contributed by atoms with Crippen LogP contribution in [0.3, 0.4) is 0 Å². The first kappa shape index (κ1) is 23.5. The van der Waals surface area contributed by atoms with E-state index in [1.807, 2.05) is 4.90 Å². The van der Waals surface area contributed by atoms with Gasteiger partial charge in [0, 0.05) is 45.0 Å². The van der Waals surface area contributed by atoms with E-state index < -0.39 is 39.3 Å². The number of amides is 2. The average molecular weight is 474 g/mol. The minimum Gasteiger partial charge on any atom is -0.366 e. The van der Waals surface area contributed by atoms with Crippen LogP contribution in [0.15, 0.2) is 30.5 Å². The predicted molar refractivity (Wildman–Crippen MR) is 108 cm³/mol. The molecule has 174 valence electrons.